The monoisotopic (exact) mass is 556 g/mol. The molecule has 4 aromatic carbocycles. The highest BCUT2D eigenvalue weighted by Crippen LogP contribution is 2.32. The van der Waals surface area contributed by atoms with E-state index in [9.17, 15) is 19.2 Å². The number of amides is 4. The molecule has 0 spiro atoms. The molecule has 4 amide bonds. The number of carbonyl (C=O) groups excluding carboxylic acids is 4. The van der Waals surface area contributed by atoms with Crippen LogP contribution >= 0.6 is 0 Å². The third-order valence-electron chi connectivity index (χ3n) is 7.00. The van der Waals surface area contributed by atoms with Crippen LogP contribution in [-0.4, -0.2) is 23.6 Å². The molecule has 42 heavy (non-hydrogen) atoms. The fourth-order valence-corrected chi connectivity index (χ4v) is 4.80. The average Bonchev–Trinajstić information content (AvgIpc) is 3.52. The van der Waals surface area contributed by atoms with Gasteiger partial charge in [0.1, 0.15) is 23.0 Å². The summed E-state index contributed by atoms with van der Waals surface area (Å²) in [7, 11) is 0. The third kappa shape index (κ3) is 5.33. The SMILES string of the molecule is CC(c1ccc(Oc2cccc(N3C(=O)C=CC3=O)c2)cc1)c1ccc(Oc2cccc(N3C(=O)C=CC3=O)c2)cc1. The van der Waals surface area contributed by atoms with Crippen molar-refractivity contribution >= 4 is 35.0 Å². The van der Waals surface area contributed by atoms with E-state index in [0.29, 0.717) is 34.4 Å². The van der Waals surface area contributed by atoms with E-state index in [1.807, 2.05) is 48.5 Å². The van der Waals surface area contributed by atoms with Crippen LogP contribution in [0.3, 0.4) is 0 Å². The van der Waals surface area contributed by atoms with E-state index in [-0.39, 0.29) is 29.5 Å². The van der Waals surface area contributed by atoms with E-state index in [4.69, 9.17) is 9.47 Å². The zero-order valence-corrected chi connectivity index (χ0v) is 22.5. The predicted octanol–water partition coefficient (Wildman–Crippen LogP) is 6.28. The Bertz CT molecular complexity index is 1610. The number of benzene rings is 4. The fourth-order valence-electron chi connectivity index (χ4n) is 4.80. The minimum Gasteiger partial charge on any atom is -0.457 e. The number of imide groups is 2. The molecule has 0 atom stereocenters. The average molecular weight is 557 g/mol. The van der Waals surface area contributed by atoms with Gasteiger partial charge in [0, 0.05) is 42.4 Å². The first-order valence-electron chi connectivity index (χ1n) is 13.2. The van der Waals surface area contributed by atoms with Crippen molar-refractivity contribution in [1.29, 1.82) is 0 Å². The van der Waals surface area contributed by atoms with Gasteiger partial charge < -0.3 is 9.47 Å². The van der Waals surface area contributed by atoms with Crippen LogP contribution in [0.25, 0.3) is 0 Å². The zero-order valence-electron chi connectivity index (χ0n) is 22.5. The van der Waals surface area contributed by atoms with Crippen molar-refractivity contribution in [2.45, 2.75) is 12.8 Å². The summed E-state index contributed by atoms with van der Waals surface area (Å²) < 4.78 is 12.0. The number of rotatable bonds is 8. The maximum Gasteiger partial charge on any atom is 0.258 e. The van der Waals surface area contributed by atoms with E-state index in [0.717, 1.165) is 20.9 Å². The number of nitrogens with zero attached hydrogens (tertiary/aromatic N) is 2. The molecule has 2 aliphatic heterocycles. The Morgan fingerprint density at radius 3 is 1.19 bits per heavy atom. The molecule has 0 radical (unpaired) electrons. The molecule has 0 saturated heterocycles. The quantitative estimate of drug-likeness (QED) is 0.237. The van der Waals surface area contributed by atoms with Gasteiger partial charge in [0.05, 0.1) is 11.4 Å². The summed E-state index contributed by atoms with van der Waals surface area (Å²) in [5.41, 5.74) is 3.08. The zero-order chi connectivity index (χ0) is 29.2. The van der Waals surface area contributed by atoms with Gasteiger partial charge >= 0.3 is 0 Å². The van der Waals surface area contributed by atoms with Crippen molar-refractivity contribution < 1.29 is 28.7 Å². The highest BCUT2D eigenvalue weighted by molar-refractivity contribution is 6.28. The van der Waals surface area contributed by atoms with Gasteiger partial charge in [-0.3, -0.25) is 19.2 Å². The van der Waals surface area contributed by atoms with E-state index in [1.165, 1.54) is 24.3 Å². The first kappa shape index (κ1) is 26.5. The van der Waals surface area contributed by atoms with Crippen molar-refractivity contribution in [2.24, 2.45) is 0 Å². The Kier molecular flexibility index (Phi) is 6.94. The van der Waals surface area contributed by atoms with Gasteiger partial charge in [-0.05, 0) is 59.7 Å². The molecule has 206 valence electrons. The maximum absolute atomic E-state index is 12.0. The van der Waals surface area contributed by atoms with Gasteiger partial charge in [0.2, 0.25) is 0 Å². The summed E-state index contributed by atoms with van der Waals surface area (Å²) in [6.07, 6.45) is 4.99. The van der Waals surface area contributed by atoms with Crippen LogP contribution in [0.4, 0.5) is 11.4 Å². The Morgan fingerprint density at radius 2 is 0.833 bits per heavy atom. The molecule has 0 aromatic heterocycles. The van der Waals surface area contributed by atoms with Crippen LogP contribution in [-0.2, 0) is 19.2 Å². The van der Waals surface area contributed by atoms with E-state index >= 15 is 0 Å². The molecule has 2 aliphatic rings. The molecule has 0 aliphatic carbocycles. The van der Waals surface area contributed by atoms with E-state index in [1.54, 1.807) is 48.5 Å². The fraction of sp³-hybridized carbons (Fsp3) is 0.0588. The van der Waals surface area contributed by atoms with Gasteiger partial charge in [-0.15, -0.1) is 0 Å². The number of ether oxygens (including phenoxy) is 2. The largest absolute Gasteiger partial charge is 0.457 e. The summed E-state index contributed by atoms with van der Waals surface area (Å²) in [6, 6.07) is 29.2. The lowest BCUT2D eigenvalue weighted by molar-refractivity contribution is -0.121. The van der Waals surface area contributed by atoms with Crippen molar-refractivity contribution in [1.82, 2.24) is 0 Å². The topological polar surface area (TPSA) is 93.2 Å². The minimum atomic E-state index is -0.380. The lowest BCUT2D eigenvalue weighted by Crippen LogP contribution is -2.29. The first-order chi connectivity index (χ1) is 20.4. The molecule has 0 saturated carbocycles. The number of anilines is 2. The molecule has 0 bridgehead atoms. The van der Waals surface area contributed by atoms with Crippen LogP contribution in [0.15, 0.2) is 121 Å². The lowest BCUT2D eigenvalue weighted by atomic mass is 9.93. The number of hydrogen-bond acceptors (Lipinski definition) is 6. The molecule has 4 aromatic rings. The van der Waals surface area contributed by atoms with Gasteiger partial charge in [0.25, 0.3) is 23.6 Å². The molecule has 8 nitrogen and oxygen atoms in total. The Balaban J connectivity index is 1.10. The van der Waals surface area contributed by atoms with Crippen LogP contribution in [0, 0.1) is 0 Å². The first-order valence-corrected chi connectivity index (χ1v) is 13.2. The summed E-state index contributed by atoms with van der Waals surface area (Å²) in [6.45, 7) is 2.11. The molecular formula is C34H24N2O6. The second kappa shape index (κ2) is 11.0. The molecule has 0 unspecified atom stereocenters. The van der Waals surface area contributed by atoms with Crippen molar-refractivity contribution in [2.75, 3.05) is 9.80 Å². The molecule has 0 N–H and O–H groups in total. The van der Waals surface area contributed by atoms with Crippen LogP contribution in [0.5, 0.6) is 23.0 Å². The lowest BCUT2D eigenvalue weighted by Gasteiger charge is -2.16. The maximum atomic E-state index is 12.0. The van der Waals surface area contributed by atoms with Gasteiger partial charge in [-0.2, -0.15) is 0 Å². The minimum absolute atomic E-state index is 0.0964. The van der Waals surface area contributed by atoms with Crippen molar-refractivity contribution in [3.63, 3.8) is 0 Å². The summed E-state index contributed by atoms with van der Waals surface area (Å²) >= 11 is 0. The molecule has 8 heteroatoms. The standard InChI is InChI=1S/C34H24N2O6/c1-22(23-8-12-27(13-9-23)41-29-6-2-4-25(20-29)35-31(37)16-17-32(35)38)24-10-14-28(15-11-24)42-30-7-3-5-26(21-30)36-33(39)18-19-34(36)40/h2-22H,1H3. The second-order valence-electron chi connectivity index (χ2n) is 9.75. The Labute approximate surface area is 241 Å². The van der Waals surface area contributed by atoms with E-state index in [2.05, 4.69) is 6.92 Å². The third-order valence-corrected chi connectivity index (χ3v) is 7.00. The Morgan fingerprint density at radius 1 is 0.476 bits per heavy atom. The highest BCUT2D eigenvalue weighted by atomic mass is 16.5. The number of hydrogen-bond donors (Lipinski definition) is 0. The summed E-state index contributed by atoms with van der Waals surface area (Å²) in [4.78, 5) is 50.2. The summed E-state index contributed by atoms with van der Waals surface area (Å²) in [5.74, 6) is 0.849. The molecule has 6 rings (SSSR count). The van der Waals surface area contributed by atoms with E-state index < -0.39 is 0 Å². The van der Waals surface area contributed by atoms with Crippen LogP contribution in [0.2, 0.25) is 0 Å². The van der Waals surface area contributed by atoms with Crippen molar-refractivity contribution in [3.8, 4) is 23.0 Å². The smallest absolute Gasteiger partial charge is 0.258 e. The molecule has 2 heterocycles. The van der Waals surface area contributed by atoms with Gasteiger partial charge in [-0.25, -0.2) is 9.80 Å². The highest BCUT2D eigenvalue weighted by Gasteiger charge is 2.26. The Hall–Kier alpha value is -5.76. The second-order valence-corrected chi connectivity index (χ2v) is 9.75. The molecule has 0 fully saturated rings. The van der Waals surface area contributed by atoms with Crippen LogP contribution in [0.1, 0.15) is 24.0 Å². The summed E-state index contributed by atoms with van der Waals surface area (Å²) in [5, 5.41) is 0. The van der Waals surface area contributed by atoms with Gasteiger partial charge in [-0.1, -0.05) is 43.3 Å². The van der Waals surface area contributed by atoms with Gasteiger partial charge in [0.15, 0.2) is 0 Å². The predicted molar refractivity (Wildman–Crippen MR) is 157 cm³/mol. The van der Waals surface area contributed by atoms with Crippen molar-refractivity contribution in [3.05, 3.63) is 132 Å². The van der Waals surface area contributed by atoms with Crippen LogP contribution < -0.4 is 19.3 Å². The normalized spacial score (nSPS) is 14.4. The number of carbonyl (C=O) groups is 4. The molecular weight excluding hydrogens is 532 g/mol.